The molecular weight excluding hydrogens is 276 g/mol. The van der Waals surface area contributed by atoms with E-state index in [0.717, 1.165) is 12.8 Å². The normalized spacial score (nSPS) is 15.9. The van der Waals surface area contributed by atoms with E-state index in [1.54, 1.807) is 25.3 Å². The monoisotopic (exact) mass is 298 g/mol. The van der Waals surface area contributed by atoms with E-state index >= 15 is 0 Å². The molecule has 0 heterocycles. The second-order valence-electron chi connectivity index (χ2n) is 5.16. The molecule has 5 nitrogen and oxygen atoms in total. The largest absolute Gasteiger partial charge is 0.497 e. The van der Waals surface area contributed by atoms with Crippen molar-refractivity contribution in [3.63, 3.8) is 0 Å². The average molecular weight is 298 g/mol. The van der Waals surface area contributed by atoms with Crippen molar-refractivity contribution in [1.29, 1.82) is 0 Å². The molecule has 6 heteroatoms. The van der Waals surface area contributed by atoms with Gasteiger partial charge in [-0.15, -0.1) is 0 Å². The lowest BCUT2D eigenvalue weighted by Gasteiger charge is -2.25. The fourth-order valence-electron chi connectivity index (χ4n) is 2.30. The maximum Gasteiger partial charge on any atom is 0.240 e. The van der Waals surface area contributed by atoms with Gasteiger partial charge < -0.3 is 10.5 Å². The molecule has 1 aromatic rings. The first-order valence-corrected chi connectivity index (χ1v) is 8.42. The van der Waals surface area contributed by atoms with Crippen LogP contribution in [0, 0.1) is 5.92 Å². The van der Waals surface area contributed by atoms with E-state index in [1.807, 2.05) is 0 Å². The number of hydrogen-bond acceptors (Lipinski definition) is 4. The zero-order chi connectivity index (χ0) is 14.6. The highest BCUT2D eigenvalue weighted by Crippen LogP contribution is 2.27. The molecule has 1 fully saturated rings. The highest BCUT2D eigenvalue weighted by Gasteiger charge is 2.23. The second-order valence-corrected chi connectivity index (χ2v) is 6.90. The summed E-state index contributed by atoms with van der Waals surface area (Å²) in [6.45, 7) is 0.925. The Morgan fingerprint density at radius 1 is 1.40 bits per heavy atom. The molecule has 20 heavy (non-hydrogen) atoms. The minimum Gasteiger partial charge on any atom is -0.497 e. The van der Waals surface area contributed by atoms with Crippen molar-refractivity contribution in [1.82, 2.24) is 4.72 Å². The van der Waals surface area contributed by atoms with Crippen LogP contribution < -0.4 is 15.2 Å². The number of sulfonamides is 1. The maximum atomic E-state index is 12.4. The van der Waals surface area contributed by atoms with Crippen molar-refractivity contribution in [2.75, 3.05) is 20.2 Å². The molecule has 0 spiro atoms. The van der Waals surface area contributed by atoms with Crippen LogP contribution in [0.4, 0.5) is 0 Å². The van der Waals surface area contributed by atoms with Crippen molar-refractivity contribution < 1.29 is 13.2 Å². The summed E-state index contributed by atoms with van der Waals surface area (Å²) >= 11 is 0. The van der Waals surface area contributed by atoms with Crippen LogP contribution in [0.5, 0.6) is 5.75 Å². The van der Waals surface area contributed by atoms with Crippen molar-refractivity contribution in [2.24, 2.45) is 11.7 Å². The van der Waals surface area contributed by atoms with Gasteiger partial charge in [0.1, 0.15) is 5.75 Å². The van der Waals surface area contributed by atoms with Crippen LogP contribution >= 0.6 is 0 Å². The molecule has 1 aromatic carbocycles. The summed E-state index contributed by atoms with van der Waals surface area (Å²) in [6.07, 6.45) is 3.94. The van der Waals surface area contributed by atoms with E-state index < -0.39 is 10.0 Å². The van der Waals surface area contributed by atoms with E-state index in [0.29, 0.717) is 41.6 Å². The smallest absolute Gasteiger partial charge is 0.240 e. The summed E-state index contributed by atoms with van der Waals surface area (Å²) in [5.74, 6) is 1.13. The molecule has 0 saturated heterocycles. The van der Waals surface area contributed by atoms with Gasteiger partial charge in [0.25, 0.3) is 0 Å². The summed E-state index contributed by atoms with van der Waals surface area (Å²) in [7, 11) is -1.91. The SMILES string of the molecule is COc1ccc(S(=O)(=O)NCC2CCC2)c(CCN)c1. The Bertz CT molecular complexity index is 554. The fraction of sp³-hybridized carbons (Fsp3) is 0.571. The first kappa shape index (κ1) is 15.3. The zero-order valence-electron chi connectivity index (χ0n) is 11.8. The minimum absolute atomic E-state index is 0.308. The Kier molecular flexibility index (Phi) is 5.01. The van der Waals surface area contributed by atoms with Crippen LogP contribution in [0.15, 0.2) is 23.1 Å². The lowest BCUT2D eigenvalue weighted by atomic mass is 9.86. The fourth-order valence-corrected chi connectivity index (χ4v) is 3.66. The van der Waals surface area contributed by atoms with E-state index in [1.165, 1.54) is 6.42 Å². The van der Waals surface area contributed by atoms with Gasteiger partial charge in [0.15, 0.2) is 0 Å². The number of nitrogens with one attached hydrogen (secondary N) is 1. The van der Waals surface area contributed by atoms with E-state index in [4.69, 9.17) is 10.5 Å². The number of ether oxygens (including phenoxy) is 1. The molecule has 3 N–H and O–H groups in total. The second kappa shape index (κ2) is 6.56. The first-order chi connectivity index (χ1) is 9.56. The molecule has 0 bridgehead atoms. The van der Waals surface area contributed by atoms with Crippen molar-refractivity contribution in [2.45, 2.75) is 30.6 Å². The number of nitrogens with two attached hydrogens (primary N) is 1. The molecule has 2 rings (SSSR count). The van der Waals surface area contributed by atoms with Gasteiger partial charge in [-0.05, 0) is 55.5 Å². The Morgan fingerprint density at radius 3 is 2.70 bits per heavy atom. The van der Waals surface area contributed by atoms with Crippen LogP contribution in [0.25, 0.3) is 0 Å². The molecule has 1 aliphatic rings. The summed E-state index contributed by atoms with van der Waals surface area (Å²) in [5, 5.41) is 0. The number of hydrogen-bond donors (Lipinski definition) is 2. The summed E-state index contributed by atoms with van der Waals surface area (Å²) < 4.78 is 32.6. The topological polar surface area (TPSA) is 81.4 Å². The van der Waals surface area contributed by atoms with Gasteiger partial charge >= 0.3 is 0 Å². The Hall–Kier alpha value is -1.11. The van der Waals surface area contributed by atoms with Gasteiger partial charge in [0.2, 0.25) is 10.0 Å². The third-order valence-electron chi connectivity index (χ3n) is 3.76. The van der Waals surface area contributed by atoms with Crippen LogP contribution in [0.1, 0.15) is 24.8 Å². The van der Waals surface area contributed by atoms with Gasteiger partial charge in [0.05, 0.1) is 12.0 Å². The molecule has 0 radical (unpaired) electrons. The Balaban J connectivity index is 2.19. The van der Waals surface area contributed by atoms with Crippen LogP contribution in [-0.2, 0) is 16.4 Å². The van der Waals surface area contributed by atoms with Crippen LogP contribution in [-0.4, -0.2) is 28.6 Å². The third-order valence-corrected chi connectivity index (χ3v) is 5.28. The molecule has 1 aliphatic carbocycles. The quantitative estimate of drug-likeness (QED) is 0.794. The van der Waals surface area contributed by atoms with Gasteiger partial charge in [-0.25, -0.2) is 13.1 Å². The standard InChI is InChI=1S/C14H22N2O3S/c1-19-13-5-6-14(12(9-13)7-8-15)20(17,18)16-10-11-3-2-4-11/h5-6,9,11,16H,2-4,7-8,10,15H2,1H3. The maximum absolute atomic E-state index is 12.4. The van der Waals surface area contributed by atoms with Crippen molar-refractivity contribution in [3.8, 4) is 5.75 Å². The number of methoxy groups -OCH3 is 1. The molecule has 112 valence electrons. The minimum atomic E-state index is -3.47. The lowest BCUT2D eigenvalue weighted by Crippen LogP contribution is -2.32. The summed E-state index contributed by atoms with van der Waals surface area (Å²) in [6, 6.07) is 5.00. The highest BCUT2D eigenvalue weighted by atomic mass is 32.2. The van der Waals surface area contributed by atoms with Crippen LogP contribution in [0.2, 0.25) is 0 Å². The van der Waals surface area contributed by atoms with Gasteiger partial charge in [-0.3, -0.25) is 0 Å². The van der Waals surface area contributed by atoms with E-state index in [2.05, 4.69) is 4.72 Å². The predicted molar refractivity (Wildman–Crippen MR) is 78.3 cm³/mol. The lowest BCUT2D eigenvalue weighted by molar-refractivity contribution is 0.316. The number of benzene rings is 1. The Labute approximate surface area is 120 Å². The first-order valence-electron chi connectivity index (χ1n) is 6.93. The molecule has 1 saturated carbocycles. The molecule has 0 aliphatic heterocycles. The molecule has 0 aromatic heterocycles. The summed E-state index contributed by atoms with van der Waals surface area (Å²) in [5.41, 5.74) is 6.26. The average Bonchev–Trinajstić information content (AvgIpc) is 2.36. The highest BCUT2D eigenvalue weighted by molar-refractivity contribution is 7.89. The molecule has 0 atom stereocenters. The van der Waals surface area contributed by atoms with Crippen molar-refractivity contribution in [3.05, 3.63) is 23.8 Å². The number of rotatable bonds is 7. The predicted octanol–water partition coefficient (Wildman–Crippen LogP) is 1.27. The van der Waals surface area contributed by atoms with Gasteiger partial charge in [-0.1, -0.05) is 6.42 Å². The van der Waals surface area contributed by atoms with Gasteiger partial charge in [-0.2, -0.15) is 0 Å². The van der Waals surface area contributed by atoms with Crippen LogP contribution in [0.3, 0.4) is 0 Å². The van der Waals surface area contributed by atoms with E-state index in [9.17, 15) is 8.42 Å². The Morgan fingerprint density at radius 2 is 2.15 bits per heavy atom. The van der Waals surface area contributed by atoms with Crippen molar-refractivity contribution >= 4 is 10.0 Å². The summed E-state index contributed by atoms with van der Waals surface area (Å²) in [4.78, 5) is 0.308. The molecule has 0 unspecified atom stereocenters. The van der Waals surface area contributed by atoms with E-state index in [-0.39, 0.29) is 0 Å². The third kappa shape index (κ3) is 3.50. The molecule has 0 amide bonds. The van der Waals surface area contributed by atoms with Gasteiger partial charge in [0, 0.05) is 6.54 Å². The zero-order valence-corrected chi connectivity index (χ0v) is 12.6. The molecular formula is C14H22N2O3S.